The van der Waals surface area contributed by atoms with Gasteiger partial charge in [-0.15, -0.1) is 0 Å². The number of phenols is 1. The van der Waals surface area contributed by atoms with E-state index in [2.05, 4.69) is 20.5 Å². The Kier molecular flexibility index (Phi) is 7.53. The Bertz CT molecular complexity index is 583. The molecule has 2 rings (SSSR count). The Balaban J connectivity index is 1.80. The van der Waals surface area contributed by atoms with E-state index in [0.29, 0.717) is 19.1 Å². The molecule has 0 saturated carbocycles. The minimum Gasteiger partial charge on any atom is -0.508 e. The minimum atomic E-state index is -0.270. The van der Waals surface area contributed by atoms with Gasteiger partial charge in [0, 0.05) is 32.2 Å². The summed E-state index contributed by atoms with van der Waals surface area (Å²) in [6.07, 6.45) is 2.70. The van der Waals surface area contributed by atoms with Crippen molar-refractivity contribution in [2.75, 3.05) is 32.7 Å². The molecule has 0 spiro atoms. The summed E-state index contributed by atoms with van der Waals surface area (Å²) in [5.41, 5.74) is 6.32. The maximum atomic E-state index is 11.0. The van der Waals surface area contributed by atoms with E-state index >= 15 is 0 Å². The number of primary amides is 1. The molecule has 138 valence electrons. The van der Waals surface area contributed by atoms with Crippen molar-refractivity contribution >= 4 is 11.9 Å². The van der Waals surface area contributed by atoms with Crippen LogP contribution >= 0.6 is 0 Å². The number of hydrogen-bond donors (Lipinski definition) is 4. The van der Waals surface area contributed by atoms with Crippen molar-refractivity contribution in [3.8, 4) is 5.75 Å². The van der Waals surface area contributed by atoms with E-state index in [1.807, 2.05) is 19.1 Å². The molecule has 1 fully saturated rings. The van der Waals surface area contributed by atoms with Crippen molar-refractivity contribution in [1.29, 1.82) is 0 Å². The molecule has 1 aliphatic heterocycles. The van der Waals surface area contributed by atoms with E-state index in [1.165, 1.54) is 0 Å². The maximum Gasteiger partial charge on any atom is 0.231 e. The highest BCUT2D eigenvalue weighted by Gasteiger charge is 2.20. The van der Waals surface area contributed by atoms with E-state index in [1.54, 1.807) is 12.1 Å². The number of benzene rings is 1. The van der Waals surface area contributed by atoms with Gasteiger partial charge in [-0.25, -0.2) is 0 Å². The number of nitrogens with zero attached hydrogens (tertiary/aromatic N) is 2. The van der Waals surface area contributed by atoms with Gasteiger partial charge in [-0.2, -0.15) is 0 Å². The van der Waals surface area contributed by atoms with Crippen molar-refractivity contribution in [1.82, 2.24) is 15.5 Å². The van der Waals surface area contributed by atoms with Crippen LogP contribution in [-0.4, -0.2) is 60.6 Å². The average Bonchev–Trinajstić information content (AvgIpc) is 2.56. The summed E-state index contributed by atoms with van der Waals surface area (Å²) < 4.78 is 0. The molecule has 25 heavy (non-hydrogen) atoms. The third-order valence-corrected chi connectivity index (χ3v) is 4.23. The third-order valence-electron chi connectivity index (χ3n) is 4.23. The van der Waals surface area contributed by atoms with Crippen molar-refractivity contribution in [3.05, 3.63) is 29.8 Å². The summed E-state index contributed by atoms with van der Waals surface area (Å²) in [6, 6.07) is 7.62. The summed E-state index contributed by atoms with van der Waals surface area (Å²) in [4.78, 5) is 17.7. The minimum absolute atomic E-state index is 0.270. The monoisotopic (exact) mass is 347 g/mol. The van der Waals surface area contributed by atoms with E-state index in [-0.39, 0.29) is 11.7 Å². The first-order valence-corrected chi connectivity index (χ1v) is 8.90. The number of guanidine groups is 1. The number of aliphatic imine (C=N–C) groups is 1. The SMILES string of the molecule is CCNC(=NCCc1cccc(O)c1)NC1CCN(CC(N)=O)CC1. The summed E-state index contributed by atoms with van der Waals surface area (Å²) in [6.45, 7) is 5.57. The number of piperidine rings is 1. The van der Waals surface area contributed by atoms with E-state index < -0.39 is 0 Å². The first-order valence-electron chi connectivity index (χ1n) is 8.90. The predicted molar refractivity (Wildman–Crippen MR) is 99.6 cm³/mol. The fourth-order valence-electron chi connectivity index (χ4n) is 2.98. The molecule has 7 heteroatoms. The molecule has 1 aliphatic rings. The Morgan fingerprint density at radius 2 is 2.16 bits per heavy atom. The topological polar surface area (TPSA) is 103 Å². The van der Waals surface area contributed by atoms with Crippen LogP contribution in [0.4, 0.5) is 0 Å². The molecular formula is C18H29N5O2. The first kappa shape index (κ1) is 19.1. The number of rotatable bonds is 7. The summed E-state index contributed by atoms with van der Waals surface area (Å²) in [5.74, 6) is 0.832. The number of amides is 1. The fraction of sp³-hybridized carbons (Fsp3) is 0.556. The number of nitrogens with two attached hydrogens (primary N) is 1. The second-order valence-corrected chi connectivity index (χ2v) is 6.34. The quantitative estimate of drug-likeness (QED) is 0.423. The smallest absolute Gasteiger partial charge is 0.231 e. The highest BCUT2D eigenvalue weighted by molar-refractivity contribution is 5.80. The molecule has 0 atom stereocenters. The largest absolute Gasteiger partial charge is 0.508 e. The van der Waals surface area contributed by atoms with E-state index in [4.69, 9.17) is 5.73 Å². The van der Waals surface area contributed by atoms with Crippen LogP contribution in [0.2, 0.25) is 0 Å². The normalized spacial score (nSPS) is 16.6. The van der Waals surface area contributed by atoms with Crippen LogP contribution in [0.3, 0.4) is 0 Å². The Labute approximate surface area is 149 Å². The Hall–Kier alpha value is -2.28. The highest BCUT2D eigenvalue weighted by Crippen LogP contribution is 2.12. The van der Waals surface area contributed by atoms with Crippen molar-refractivity contribution in [2.45, 2.75) is 32.2 Å². The zero-order chi connectivity index (χ0) is 18.1. The second kappa shape index (κ2) is 9.88. The van der Waals surface area contributed by atoms with Crippen LogP contribution in [0.1, 0.15) is 25.3 Å². The number of carbonyl (C=O) groups is 1. The fourth-order valence-corrected chi connectivity index (χ4v) is 2.98. The lowest BCUT2D eigenvalue weighted by Crippen LogP contribution is -2.49. The van der Waals surface area contributed by atoms with Crippen LogP contribution in [-0.2, 0) is 11.2 Å². The Morgan fingerprint density at radius 3 is 2.80 bits per heavy atom. The molecule has 1 amide bonds. The van der Waals surface area contributed by atoms with Gasteiger partial charge in [-0.3, -0.25) is 14.7 Å². The molecule has 1 saturated heterocycles. The Morgan fingerprint density at radius 1 is 1.40 bits per heavy atom. The zero-order valence-electron chi connectivity index (χ0n) is 14.9. The van der Waals surface area contributed by atoms with Gasteiger partial charge in [0.1, 0.15) is 5.75 Å². The molecule has 0 unspecified atom stereocenters. The molecule has 1 aromatic rings. The number of nitrogens with one attached hydrogen (secondary N) is 2. The summed E-state index contributed by atoms with van der Waals surface area (Å²) >= 11 is 0. The summed E-state index contributed by atoms with van der Waals surface area (Å²) in [5, 5.41) is 16.3. The predicted octanol–water partition coefficient (Wildman–Crippen LogP) is 0.440. The van der Waals surface area contributed by atoms with Gasteiger partial charge >= 0.3 is 0 Å². The van der Waals surface area contributed by atoms with Crippen LogP contribution in [0.25, 0.3) is 0 Å². The average molecular weight is 347 g/mol. The van der Waals surface area contributed by atoms with Crippen molar-refractivity contribution < 1.29 is 9.90 Å². The maximum absolute atomic E-state index is 11.0. The van der Waals surface area contributed by atoms with Crippen LogP contribution < -0.4 is 16.4 Å². The van der Waals surface area contributed by atoms with E-state index in [0.717, 1.165) is 50.4 Å². The molecule has 1 aromatic carbocycles. The lowest BCUT2D eigenvalue weighted by molar-refractivity contribution is -0.119. The molecule has 7 nitrogen and oxygen atoms in total. The van der Waals surface area contributed by atoms with Crippen molar-refractivity contribution in [2.24, 2.45) is 10.7 Å². The lowest BCUT2D eigenvalue weighted by atomic mass is 10.1. The molecule has 0 bridgehead atoms. The molecule has 0 aliphatic carbocycles. The molecule has 1 heterocycles. The number of carbonyl (C=O) groups excluding carboxylic acids is 1. The second-order valence-electron chi connectivity index (χ2n) is 6.34. The van der Waals surface area contributed by atoms with Crippen molar-refractivity contribution in [3.63, 3.8) is 0 Å². The standard InChI is InChI=1S/C18H29N5O2/c1-2-20-18(21-9-6-14-4-3-5-16(24)12-14)22-15-7-10-23(11-8-15)13-17(19)25/h3-5,12,15,24H,2,6-11,13H2,1H3,(H2,19,25)(H2,20,21,22). The number of phenolic OH excluding ortho intramolecular Hbond substituents is 1. The van der Waals surface area contributed by atoms with Gasteiger partial charge in [0.25, 0.3) is 0 Å². The van der Waals surface area contributed by atoms with Gasteiger partial charge < -0.3 is 21.5 Å². The molecule has 0 aromatic heterocycles. The van der Waals surface area contributed by atoms with Gasteiger partial charge in [0.2, 0.25) is 5.91 Å². The van der Waals surface area contributed by atoms with E-state index in [9.17, 15) is 9.90 Å². The molecule has 0 radical (unpaired) electrons. The van der Waals surface area contributed by atoms with Crippen LogP contribution in [0.15, 0.2) is 29.3 Å². The molecular weight excluding hydrogens is 318 g/mol. The number of aromatic hydroxyl groups is 1. The first-order chi connectivity index (χ1) is 12.1. The van der Waals surface area contributed by atoms with Gasteiger partial charge in [0.05, 0.1) is 6.54 Å². The molecule has 5 N–H and O–H groups in total. The number of hydrogen-bond acceptors (Lipinski definition) is 4. The summed E-state index contributed by atoms with van der Waals surface area (Å²) in [7, 11) is 0. The zero-order valence-corrected chi connectivity index (χ0v) is 14.9. The van der Waals surface area contributed by atoms with Gasteiger partial charge in [-0.05, 0) is 43.9 Å². The third kappa shape index (κ3) is 7.01. The highest BCUT2D eigenvalue weighted by atomic mass is 16.3. The van der Waals surface area contributed by atoms with Crippen LogP contribution in [0.5, 0.6) is 5.75 Å². The van der Waals surface area contributed by atoms with Crippen LogP contribution in [0, 0.1) is 0 Å². The number of likely N-dealkylation sites (tertiary alicyclic amines) is 1. The van der Waals surface area contributed by atoms with Gasteiger partial charge in [0.15, 0.2) is 5.96 Å². The lowest BCUT2D eigenvalue weighted by Gasteiger charge is -2.32. The van der Waals surface area contributed by atoms with Gasteiger partial charge in [-0.1, -0.05) is 12.1 Å².